The number of aliphatic carboxylic acids is 1. The molecule has 0 spiro atoms. The highest BCUT2D eigenvalue weighted by Gasteiger charge is 2.20. The van der Waals surface area contributed by atoms with Gasteiger partial charge in [-0.05, 0) is 35.2 Å². The van der Waals surface area contributed by atoms with Gasteiger partial charge in [0.25, 0.3) is 0 Å². The van der Waals surface area contributed by atoms with Gasteiger partial charge in [0.15, 0.2) is 0 Å². The van der Waals surface area contributed by atoms with Gasteiger partial charge in [0.05, 0.1) is 19.0 Å². The van der Waals surface area contributed by atoms with Crippen molar-refractivity contribution in [2.45, 2.75) is 50.6 Å². The summed E-state index contributed by atoms with van der Waals surface area (Å²) < 4.78 is 0. The fourth-order valence-electron chi connectivity index (χ4n) is 3.74. The molecule has 2 aromatic carbocycles. The molecule has 1 fully saturated rings. The molecule has 0 saturated heterocycles. The summed E-state index contributed by atoms with van der Waals surface area (Å²) in [4.78, 5) is 35.6. The van der Waals surface area contributed by atoms with Gasteiger partial charge in [-0.2, -0.15) is 0 Å². The van der Waals surface area contributed by atoms with Crippen LogP contribution in [-0.4, -0.2) is 35.6 Å². The highest BCUT2D eigenvalue weighted by molar-refractivity contribution is 5.86. The maximum atomic E-state index is 12.3. The van der Waals surface area contributed by atoms with E-state index in [4.69, 9.17) is 0 Å². The van der Waals surface area contributed by atoms with Crippen LogP contribution in [0.1, 0.15) is 50.1 Å². The molecule has 1 saturated carbocycles. The molecule has 1 aliphatic rings. The van der Waals surface area contributed by atoms with Crippen LogP contribution in [0.5, 0.6) is 0 Å². The monoisotopic (exact) mass is 397 g/mol. The van der Waals surface area contributed by atoms with E-state index in [0.717, 1.165) is 36.5 Å². The van der Waals surface area contributed by atoms with Crippen LogP contribution in [0.15, 0.2) is 42.5 Å². The Morgan fingerprint density at radius 2 is 1.72 bits per heavy atom. The van der Waals surface area contributed by atoms with Gasteiger partial charge in [0.1, 0.15) is 0 Å². The summed E-state index contributed by atoms with van der Waals surface area (Å²) in [5, 5.41) is 19.4. The van der Waals surface area contributed by atoms with Crippen LogP contribution in [0.4, 0.5) is 4.79 Å². The maximum Gasteiger partial charge on any atom is 0.315 e. The second-order valence-electron chi connectivity index (χ2n) is 7.49. The fourth-order valence-corrected chi connectivity index (χ4v) is 3.74. The summed E-state index contributed by atoms with van der Waals surface area (Å²) in [6, 6.07) is 12.5. The zero-order valence-corrected chi connectivity index (χ0v) is 16.3. The van der Waals surface area contributed by atoms with Crippen molar-refractivity contribution in [3.05, 3.63) is 48.0 Å². The Morgan fingerprint density at radius 3 is 2.45 bits per heavy atom. The molecule has 7 heteroatoms. The predicted molar refractivity (Wildman–Crippen MR) is 110 cm³/mol. The molecular formula is C22H27N3O4. The van der Waals surface area contributed by atoms with E-state index in [-0.39, 0.29) is 25.0 Å². The van der Waals surface area contributed by atoms with Crippen molar-refractivity contribution in [2.24, 2.45) is 0 Å². The van der Waals surface area contributed by atoms with Gasteiger partial charge in [-0.15, -0.1) is 0 Å². The number of nitrogens with one attached hydrogen (secondary N) is 3. The number of urea groups is 1. The van der Waals surface area contributed by atoms with Crippen LogP contribution < -0.4 is 16.0 Å². The first kappa shape index (κ1) is 20.6. The van der Waals surface area contributed by atoms with Crippen molar-refractivity contribution in [3.8, 4) is 0 Å². The molecule has 0 aliphatic heterocycles. The number of hydrogen-bond donors (Lipinski definition) is 4. The normalized spacial score (nSPS) is 15.4. The lowest BCUT2D eigenvalue weighted by Gasteiger charge is -2.23. The first-order chi connectivity index (χ1) is 14.0. The Kier molecular flexibility index (Phi) is 7.05. The maximum absolute atomic E-state index is 12.3. The van der Waals surface area contributed by atoms with Crippen LogP contribution in [0.3, 0.4) is 0 Å². The molecule has 1 atom stereocenters. The van der Waals surface area contributed by atoms with E-state index < -0.39 is 17.9 Å². The van der Waals surface area contributed by atoms with Crippen molar-refractivity contribution < 1.29 is 19.5 Å². The minimum absolute atomic E-state index is 0.157. The van der Waals surface area contributed by atoms with Crippen molar-refractivity contribution in [1.29, 1.82) is 0 Å². The number of carbonyl (C=O) groups is 3. The Labute approximate surface area is 169 Å². The molecule has 0 bridgehead atoms. The quantitative estimate of drug-likeness (QED) is 0.576. The minimum atomic E-state index is -1.01. The van der Waals surface area contributed by atoms with Crippen LogP contribution in [0.2, 0.25) is 0 Å². The molecule has 0 heterocycles. The molecule has 0 unspecified atom stereocenters. The zero-order chi connectivity index (χ0) is 20.6. The van der Waals surface area contributed by atoms with E-state index in [1.165, 1.54) is 6.42 Å². The smallest absolute Gasteiger partial charge is 0.315 e. The van der Waals surface area contributed by atoms with E-state index in [0.29, 0.717) is 5.56 Å². The molecular weight excluding hydrogens is 370 g/mol. The standard InChI is InChI=1S/C22H27N3O4/c26-20(14-23-22(29)24-18-8-2-1-3-9-18)25-19(13-21(27)28)17-11-10-15-6-4-5-7-16(15)12-17/h4-7,10-12,18-19H,1-3,8-9,13-14H2,(H,25,26)(H,27,28)(H2,23,24,29)/t19-/m0/s1. The lowest BCUT2D eigenvalue weighted by atomic mass is 9.96. The highest BCUT2D eigenvalue weighted by Crippen LogP contribution is 2.22. The Morgan fingerprint density at radius 1 is 1.00 bits per heavy atom. The number of benzene rings is 2. The Hall–Kier alpha value is -3.09. The number of rotatable bonds is 7. The Bertz CT molecular complexity index is 877. The van der Waals surface area contributed by atoms with Crippen molar-refractivity contribution in [2.75, 3.05) is 6.54 Å². The number of fused-ring (bicyclic) bond motifs is 1. The molecule has 2 aromatic rings. The third-order valence-electron chi connectivity index (χ3n) is 5.24. The Balaban J connectivity index is 1.57. The number of carboxylic acid groups (broad SMARTS) is 1. The summed E-state index contributed by atoms with van der Waals surface area (Å²) >= 11 is 0. The summed E-state index contributed by atoms with van der Waals surface area (Å²) in [6.07, 6.45) is 5.09. The van der Waals surface area contributed by atoms with E-state index in [2.05, 4.69) is 16.0 Å². The second kappa shape index (κ2) is 9.91. The van der Waals surface area contributed by atoms with Crippen LogP contribution >= 0.6 is 0 Å². The molecule has 3 amide bonds. The molecule has 7 nitrogen and oxygen atoms in total. The SMILES string of the molecule is O=C(O)C[C@H](NC(=O)CNC(=O)NC1CCCCC1)c1ccc2ccccc2c1. The zero-order valence-electron chi connectivity index (χ0n) is 16.3. The van der Waals surface area contributed by atoms with Crippen LogP contribution in [0.25, 0.3) is 10.8 Å². The molecule has 0 radical (unpaired) electrons. The molecule has 29 heavy (non-hydrogen) atoms. The van der Waals surface area contributed by atoms with Crippen molar-refractivity contribution in [1.82, 2.24) is 16.0 Å². The third kappa shape index (κ3) is 6.20. The first-order valence-corrected chi connectivity index (χ1v) is 10.1. The first-order valence-electron chi connectivity index (χ1n) is 10.1. The average molecular weight is 397 g/mol. The summed E-state index contributed by atoms with van der Waals surface area (Å²) in [5.74, 6) is -1.44. The van der Waals surface area contributed by atoms with Crippen LogP contribution in [-0.2, 0) is 9.59 Å². The van der Waals surface area contributed by atoms with Crippen molar-refractivity contribution in [3.63, 3.8) is 0 Å². The highest BCUT2D eigenvalue weighted by atomic mass is 16.4. The summed E-state index contributed by atoms with van der Waals surface area (Å²) in [6.45, 7) is -0.206. The summed E-state index contributed by atoms with van der Waals surface area (Å²) in [5.41, 5.74) is 0.714. The third-order valence-corrected chi connectivity index (χ3v) is 5.24. The van der Waals surface area contributed by atoms with E-state index in [1.54, 1.807) is 0 Å². The number of hydrogen-bond acceptors (Lipinski definition) is 3. The van der Waals surface area contributed by atoms with Gasteiger partial charge in [0.2, 0.25) is 5.91 Å². The second-order valence-corrected chi connectivity index (χ2v) is 7.49. The number of carbonyl (C=O) groups excluding carboxylic acids is 2. The van der Waals surface area contributed by atoms with Gasteiger partial charge in [0, 0.05) is 6.04 Å². The average Bonchev–Trinajstić information content (AvgIpc) is 2.72. The molecule has 4 N–H and O–H groups in total. The van der Waals surface area contributed by atoms with Crippen LogP contribution in [0, 0.1) is 0 Å². The van der Waals surface area contributed by atoms with E-state index in [9.17, 15) is 19.5 Å². The number of carboxylic acids is 1. The van der Waals surface area contributed by atoms with E-state index >= 15 is 0 Å². The van der Waals surface area contributed by atoms with Gasteiger partial charge < -0.3 is 21.1 Å². The molecule has 3 rings (SSSR count). The molecule has 0 aromatic heterocycles. The lowest BCUT2D eigenvalue weighted by Crippen LogP contribution is -2.46. The molecule has 1 aliphatic carbocycles. The molecule has 154 valence electrons. The predicted octanol–water partition coefficient (Wildman–Crippen LogP) is 3.10. The van der Waals surface area contributed by atoms with Gasteiger partial charge in [-0.25, -0.2) is 4.79 Å². The largest absolute Gasteiger partial charge is 0.481 e. The number of amides is 3. The fraction of sp³-hybridized carbons (Fsp3) is 0.409. The lowest BCUT2D eigenvalue weighted by molar-refractivity contribution is -0.137. The van der Waals surface area contributed by atoms with E-state index in [1.807, 2.05) is 42.5 Å². The topological polar surface area (TPSA) is 108 Å². The van der Waals surface area contributed by atoms with Gasteiger partial charge in [-0.1, -0.05) is 55.7 Å². The minimum Gasteiger partial charge on any atom is -0.481 e. The van der Waals surface area contributed by atoms with Crippen molar-refractivity contribution >= 4 is 28.7 Å². The summed E-state index contributed by atoms with van der Waals surface area (Å²) in [7, 11) is 0. The van der Waals surface area contributed by atoms with Gasteiger partial charge >= 0.3 is 12.0 Å². The van der Waals surface area contributed by atoms with Gasteiger partial charge in [-0.3, -0.25) is 9.59 Å².